The molecule has 3 aromatic carbocycles. The first kappa shape index (κ1) is 21.6. The highest BCUT2D eigenvalue weighted by molar-refractivity contribution is 6.01. The molecule has 0 saturated carbocycles. The van der Waals surface area contributed by atoms with Crippen LogP contribution in [0.3, 0.4) is 0 Å². The normalized spacial score (nSPS) is 18.3. The average Bonchev–Trinajstić information content (AvgIpc) is 3.27. The van der Waals surface area contributed by atoms with E-state index in [1.807, 2.05) is 30.3 Å². The van der Waals surface area contributed by atoms with Crippen LogP contribution >= 0.6 is 0 Å². The molecule has 176 valence electrons. The molecule has 2 N–H and O–H groups in total. The molecule has 1 aromatic heterocycles. The summed E-state index contributed by atoms with van der Waals surface area (Å²) in [5, 5.41) is 23.5. The Bertz CT molecular complexity index is 1480. The Labute approximate surface area is 203 Å². The van der Waals surface area contributed by atoms with Crippen molar-refractivity contribution in [3.05, 3.63) is 73.1 Å². The fourth-order valence-electron chi connectivity index (χ4n) is 5.14. The van der Waals surface area contributed by atoms with Gasteiger partial charge in [-0.1, -0.05) is 36.9 Å². The lowest BCUT2D eigenvalue weighted by molar-refractivity contribution is -0.130. The summed E-state index contributed by atoms with van der Waals surface area (Å²) in [7, 11) is 0. The number of likely N-dealkylation sites (tertiary alicyclic amines) is 1. The van der Waals surface area contributed by atoms with Crippen molar-refractivity contribution < 1.29 is 15.0 Å². The Hall–Kier alpha value is -3.97. The summed E-state index contributed by atoms with van der Waals surface area (Å²) < 4.78 is 0. The van der Waals surface area contributed by atoms with E-state index >= 15 is 0 Å². The van der Waals surface area contributed by atoms with Crippen molar-refractivity contribution in [2.24, 2.45) is 0 Å². The minimum Gasteiger partial charge on any atom is -0.508 e. The van der Waals surface area contributed by atoms with E-state index in [1.165, 1.54) is 6.08 Å². The molecule has 2 aliphatic heterocycles. The predicted molar refractivity (Wildman–Crippen MR) is 136 cm³/mol. The van der Waals surface area contributed by atoms with Crippen molar-refractivity contribution in [3.8, 4) is 16.9 Å². The summed E-state index contributed by atoms with van der Waals surface area (Å²) in [6, 6.07) is 17.7. The smallest absolute Gasteiger partial charge is 0.246 e. The van der Waals surface area contributed by atoms with Crippen molar-refractivity contribution in [1.82, 2.24) is 14.9 Å². The van der Waals surface area contributed by atoms with E-state index in [0.717, 1.165) is 51.0 Å². The van der Waals surface area contributed by atoms with Gasteiger partial charge >= 0.3 is 0 Å². The second kappa shape index (κ2) is 8.36. The zero-order valence-corrected chi connectivity index (χ0v) is 19.3. The van der Waals surface area contributed by atoms with Crippen LogP contribution in [-0.4, -0.2) is 63.3 Å². The average molecular weight is 467 g/mol. The maximum atomic E-state index is 11.9. The van der Waals surface area contributed by atoms with E-state index in [0.29, 0.717) is 26.1 Å². The highest BCUT2D eigenvalue weighted by atomic mass is 16.3. The lowest BCUT2D eigenvalue weighted by atomic mass is 9.96. The molecule has 1 unspecified atom stereocenters. The first-order valence-corrected chi connectivity index (χ1v) is 11.9. The molecule has 2 saturated heterocycles. The summed E-state index contributed by atoms with van der Waals surface area (Å²) in [5.74, 6) is 1.74. The van der Waals surface area contributed by atoms with Gasteiger partial charge in [-0.05, 0) is 58.7 Å². The molecule has 6 rings (SSSR count). The van der Waals surface area contributed by atoms with Crippen molar-refractivity contribution in [2.75, 3.05) is 31.1 Å². The van der Waals surface area contributed by atoms with E-state index in [-0.39, 0.29) is 23.7 Å². The number of carbonyl (C=O) groups excluding carboxylic acids is 1. The van der Waals surface area contributed by atoms with Crippen molar-refractivity contribution in [2.45, 2.75) is 18.4 Å². The molecule has 0 radical (unpaired) electrons. The Kier molecular flexibility index (Phi) is 5.15. The number of benzene rings is 3. The molecule has 35 heavy (non-hydrogen) atoms. The minimum absolute atomic E-state index is 0.0734. The second-order valence-electron chi connectivity index (χ2n) is 9.38. The summed E-state index contributed by atoms with van der Waals surface area (Å²) >= 11 is 0. The third-order valence-electron chi connectivity index (χ3n) is 7.05. The van der Waals surface area contributed by atoms with E-state index in [9.17, 15) is 15.0 Å². The maximum Gasteiger partial charge on any atom is 0.246 e. The molecule has 3 heterocycles. The quantitative estimate of drug-likeness (QED) is 0.444. The van der Waals surface area contributed by atoms with Crippen LogP contribution in [0.5, 0.6) is 5.75 Å². The maximum absolute atomic E-state index is 11.9. The number of hydrogen-bond donors (Lipinski definition) is 2. The van der Waals surface area contributed by atoms with Gasteiger partial charge in [-0.15, -0.1) is 0 Å². The van der Waals surface area contributed by atoms with Crippen LogP contribution in [0.15, 0.2) is 67.3 Å². The van der Waals surface area contributed by atoms with Gasteiger partial charge in [0.1, 0.15) is 17.4 Å². The summed E-state index contributed by atoms with van der Waals surface area (Å²) in [4.78, 5) is 25.6. The van der Waals surface area contributed by atoms with E-state index in [2.05, 4.69) is 23.6 Å². The lowest BCUT2D eigenvalue weighted by Gasteiger charge is -2.38. The van der Waals surface area contributed by atoms with Crippen LogP contribution in [0.4, 0.5) is 5.82 Å². The number of aliphatic hydroxyl groups is 1. The number of β-amino-alcohol motifs (C(OH)–C–C–N with tert-alkyl or cyclic N) is 1. The van der Waals surface area contributed by atoms with Gasteiger partial charge in [-0.2, -0.15) is 0 Å². The van der Waals surface area contributed by atoms with Crippen molar-refractivity contribution >= 4 is 33.4 Å². The number of anilines is 1. The molecular weight excluding hydrogens is 440 g/mol. The van der Waals surface area contributed by atoms with Crippen LogP contribution in [0.1, 0.15) is 18.2 Å². The molecule has 4 aromatic rings. The molecular formula is C28H26N4O3. The van der Waals surface area contributed by atoms with Gasteiger partial charge in [-0.3, -0.25) is 4.79 Å². The highest BCUT2D eigenvalue weighted by Crippen LogP contribution is 2.37. The third-order valence-corrected chi connectivity index (χ3v) is 7.05. The summed E-state index contributed by atoms with van der Waals surface area (Å²) in [6.07, 6.45) is 1.65. The minimum atomic E-state index is -0.383. The number of aromatic hydroxyl groups is 1. The van der Waals surface area contributed by atoms with E-state index < -0.39 is 0 Å². The Morgan fingerprint density at radius 3 is 2.63 bits per heavy atom. The zero-order valence-electron chi connectivity index (χ0n) is 19.3. The second-order valence-corrected chi connectivity index (χ2v) is 9.38. The van der Waals surface area contributed by atoms with Gasteiger partial charge in [0, 0.05) is 31.6 Å². The first-order valence-electron chi connectivity index (χ1n) is 11.9. The van der Waals surface area contributed by atoms with Gasteiger partial charge in [0.15, 0.2) is 0 Å². The molecule has 7 nitrogen and oxygen atoms in total. The number of rotatable bonds is 4. The van der Waals surface area contributed by atoms with Crippen LogP contribution in [0.2, 0.25) is 0 Å². The Balaban J connectivity index is 1.47. The number of amides is 1. The fraction of sp³-hybridized carbons (Fsp3) is 0.250. The molecule has 0 spiro atoms. The largest absolute Gasteiger partial charge is 0.508 e. The van der Waals surface area contributed by atoms with E-state index in [4.69, 9.17) is 9.97 Å². The van der Waals surface area contributed by atoms with Crippen molar-refractivity contribution in [1.29, 1.82) is 0 Å². The molecule has 7 heteroatoms. The Morgan fingerprint density at radius 2 is 1.86 bits per heavy atom. The van der Waals surface area contributed by atoms with E-state index in [1.54, 1.807) is 17.0 Å². The number of aliphatic hydroxyl groups excluding tert-OH is 1. The van der Waals surface area contributed by atoms with Gasteiger partial charge in [-0.25, -0.2) is 9.97 Å². The summed E-state index contributed by atoms with van der Waals surface area (Å²) in [5.41, 5.74) is 2.73. The van der Waals surface area contributed by atoms with Gasteiger partial charge < -0.3 is 20.0 Å². The topological polar surface area (TPSA) is 89.8 Å². The standard InChI is InChI=1S/C28H26N4O3/c1-2-26(35)32-14-19(15-32)27-29-25-8-7-18(12-24(25)28(30-27)31-10-9-20(33)16-31)23-13-21(34)11-17-5-3-4-6-22(17)23/h2-8,11-13,19-20,33-34H,1,9-10,14-16H2. The van der Waals surface area contributed by atoms with Crippen LogP contribution in [-0.2, 0) is 4.79 Å². The zero-order chi connectivity index (χ0) is 24.1. The molecule has 0 bridgehead atoms. The molecule has 1 amide bonds. The number of aromatic nitrogens is 2. The summed E-state index contributed by atoms with van der Waals surface area (Å²) in [6.45, 7) is 5.96. The van der Waals surface area contributed by atoms with Crippen LogP contribution in [0.25, 0.3) is 32.8 Å². The van der Waals surface area contributed by atoms with Gasteiger partial charge in [0.2, 0.25) is 5.91 Å². The predicted octanol–water partition coefficient (Wildman–Crippen LogP) is 3.84. The number of phenols is 1. The Morgan fingerprint density at radius 1 is 1.03 bits per heavy atom. The molecule has 1 atom stereocenters. The molecule has 2 fully saturated rings. The number of hydrogen-bond acceptors (Lipinski definition) is 6. The number of nitrogens with zero attached hydrogens (tertiary/aromatic N) is 4. The lowest BCUT2D eigenvalue weighted by Crippen LogP contribution is -2.48. The fourth-order valence-corrected chi connectivity index (χ4v) is 5.14. The number of carbonyl (C=O) groups is 1. The molecule has 0 aliphatic carbocycles. The third kappa shape index (κ3) is 3.78. The monoisotopic (exact) mass is 466 g/mol. The molecule has 2 aliphatic rings. The van der Waals surface area contributed by atoms with Gasteiger partial charge in [0.05, 0.1) is 17.5 Å². The number of fused-ring (bicyclic) bond motifs is 2. The van der Waals surface area contributed by atoms with Crippen LogP contribution in [0, 0.1) is 0 Å². The van der Waals surface area contributed by atoms with Gasteiger partial charge in [0.25, 0.3) is 0 Å². The number of phenolic OH excluding ortho intramolecular Hbond substituents is 1. The van der Waals surface area contributed by atoms with Crippen molar-refractivity contribution in [3.63, 3.8) is 0 Å². The van der Waals surface area contributed by atoms with Crippen LogP contribution < -0.4 is 4.90 Å². The highest BCUT2D eigenvalue weighted by Gasteiger charge is 2.34. The first-order chi connectivity index (χ1) is 17.0. The SMILES string of the molecule is C=CC(=O)N1CC(c2nc(N3CCC(O)C3)c3cc(-c4cc(O)cc5ccccc45)ccc3n2)C1.